The Morgan fingerprint density at radius 3 is 2.46 bits per heavy atom. The third-order valence-electron chi connectivity index (χ3n) is 2.31. The molecule has 0 aromatic rings. The zero-order chi connectivity index (χ0) is 9.94. The van der Waals surface area contributed by atoms with Crippen LogP contribution in [0.4, 0.5) is 0 Å². The van der Waals surface area contributed by atoms with Gasteiger partial charge in [-0.25, -0.2) is 0 Å². The molecule has 1 atom stereocenters. The summed E-state index contributed by atoms with van der Waals surface area (Å²) < 4.78 is 5.47. The Bertz CT molecular complexity index is 96.1. The van der Waals surface area contributed by atoms with E-state index in [-0.39, 0.29) is 0 Å². The predicted octanol–water partition coefficient (Wildman–Crippen LogP) is 2.58. The van der Waals surface area contributed by atoms with Crippen LogP contribution >= 0.6 is 0 Å². The quantitative estimate of drug-likeness (QED) is 0.560. The fourth-order valence-corrected chi connectivity index (χ4v) is 1.15. The van der Waals surface area contributed by atoms with E-state index in [2.05, 4.69) is 19.2 Å². The molecule has 80 valence electrons. The third kappa shape index (κ3) is 9.84. The van der Waals surface area contributed by atoms with Gasteiger partial charge in [-0.15, -0.1) is 0 Å². The lowest BCUT2D eigenvalue weighted by Gasteiger charge is -2.09. The highest BCUT2D eigenvalue weighted by molar-refractivity contribution is 4.56. The van der Waals surface area contributed by atoms with Crippen molar-refractivity contribution in [3.8, 4) is 0 Å². The molecule has 0 bridgehead atoms. The van der Waals surface area contributed by atoms with Crippen molar-refractivity contribution in [2.24, 2.45) is 0 Å². The molecule has 13 heavy (non-hydrogen) atoms. The van der Waals surface area contributed by atoms with Crippen molar-refractivity contribution in [1.82, 2.24) is 5.32 Å². The highest BCUT2D eigenvalue weighted by Gasteiger charge is 1.96. The molecular formula is C11H25NO. The van der Waals surface area contributed by atoms with Gasteiger partial charge in [-0.3, -0.25) is 0 Å². The van der Waals surface area contributed by atoms with E-state index in [1.807, 2.05) is 7.05 Å². The molecule has 0 heterocycles. The molecule has 0 aliphatic rings. The normalized spacial score (nSPS) is 13.2. The van der Waals surface area contributed by atoms with E-state index in [0.717, 1.165) is 13.2 Å². The van der Waals surface area contributed by atoms with Gasteiger partial charge < -0.3 is 10.1 Å². The minimum absolute atomic E-state index is 0.649. The molecule has 0 rings (SSSR count). The highest BCUT2D eigenvalue weighted by Crippen LogP contribution is 2.00. The molecule has 0 amide bonds. The monoisotopic (exact) mass is 187 g/mol. The van der Waals surface area contributed by atoms with E-state index in [9.17, 15) is 0 Å². The molecule has 0 radical (unpaired) electrons. The van der Waals surface area contributed by atoms with Crippen LogP contribution in [-0.2, 0) is 4.74 Å². The number of ether oxygens (including phenoxy) is 1. The van der Waals surface area contributed by atoms with Crippen LogP contribution < -0.4 is 5.32 Å². The fraction of sp³-hybridized carbons (Fsp3) is 1.00. The lowest BCUT2D eigenvalue weighted by atomic mass is 10.1. The Morgan fingerprint density at radius 2 is 1.85 bits per heavy atom. The summed E-state index contributed by atoms with van der Waals surface area (Å²) in [4.78, 5) is 0. The number of hydrogen-bond donors (Lipinski definition) is 1. The first-order chi connectivity index (χ1) is 6.31. The first-order valence-electron chi connectivity index (χ1n) is 5.56. The van der Waals surface area contributed by atoms with Crippen LogP contribution in [0.1, 0.15) is 46.0 Å². The molecule has 0 saturated heterocycles. The Hall–Kier alpha value is -0.0800. The van der Waals surface area contributed by atoms with E-state index in [0.29, 0.717) is 6.04 Å². The van der Waals surface area contributed by atoms with E-state index in [1.54, 1.807) is 0 Å². The van der Waals surface area contributed by atoms with Crippen LogP contribution in [0, 0.1) is 0 Å². The van der Waals surface area contributed by atoms with Crippen molar-refractivity contribution in [3.05, 3.63) is 0 Å². The van der Waals surface area contributed by atoms with Crippen molar-refractivity contribution < 1.29 is 4.74 Å². The first-order valence-corrected chi connectivity index (χ1v) is 5.56. The summed E-state index contributed by atoms with van der Waals surface area (Å²) in [5, 5.41) is 3.24. The van der Waals surface area contributed by atoms with Gasteiger partial charge in [-0.2, -0.15) is 0 Å². The highest BCUT2D eigenvalue weighted by atomic mass is 16.5. The molecule has 2 nitrogen and oxygen atoms in total. The summed E-state index contributed by atoms with van der Waals surface area (Å²) in [5.41, 5.74) is 0. The predicted molar refractivity (Wildman–Crippen MR) is 58.1 cm³/mol. The summed E-state index contributed by atoms with van der Waals surface area (Å²) in [6.07, 6.45) is 6.17. The Labute approximate surface area is 83.1 Å². The van der Waals surface area contributed by atoms with E-state index in [1.165, 1.54) is 32.1 Å². The molecule has 0 spiro atoms. The molecule has 0 aliphatic heterocycles. The van der Waals surface area contributed by atoms with Crippen LogP contribution in [0.2, 0.25) is 0 Å². The Kier molecular flexibility index (Phi) is 9.94. The smallest absolute Gasteiger partial charge is 0.0466 e. The van der Waals surface area contributed by atoms with Crippen LogP contribution in [0.5, 0.6) is 0 Å². The van der Waals surface area contributed by atoms with Crippen LogP contribution in [0.15, 0.2) is 0 Å². The van der Waals surface area contributed by atoms with Crippen molar-refractivity contribution in [2.75, 3.05) is 20.3 Å². The summed E-state index contributed by atoms with van der Waals surface area (Å²) in [7, 11) is 2.02. The summed E-state index contributed by atoms with van der Waals surface area (Å²) in [6, 6.07) is 0.649. The first kappa shape index (κ1) is 12.9. The van der Waals surface area contributed by atoms with E-state index >= 15 is 0 Å². The largest absolute Gasteiger partial charge is 0.381 e. The molecule has 0 aromatic heterocycles. The SMILES string of the molecule is CCCCOCCCCC(C)NC. The second-order valence-corrected chi connectivity index (χ2v) is 3.65. The minimum atomic E-state index is 0.649. The Balaban J connectivity index is 2.91. The number of nitrogens with one attached hydrogen (secondary N) is 1. The van der Waals surface area contributed by atoms with Gasteiger partial charge in [0, 0.05) is 19.3 Å². The van der Waals surface area contributed by atoms with Crippen molar-refractivity contribution in [3.63, 3.8) is 0 Å². The topological polar surface area (TPSA) is 21.3 Å². The maximum absolute atomic E-state index is 5.47. The van der Waals surface area contributed by atoms with Gasteiger partial charge in [-0.05, 0) is 39.7 Å². The van der Waals surface area contributed by atoms with E-state index in [4.69, 9.17) is 4.74 Å². The lowest BCUT2D eigenvalue weighted by molar-refractivity contribution is 0.126. The number of unbranched alkanes of at least 4 members (excludes halogenated alkanes) is 2. The molecule has 1 N–H and O–H groups in total. The molecule has 0 aromatic carbocycles. The standard InChI is InChI=1S/C11H25NO/c1-4-5-9-13-10-7-6-8-11(2)12-3/h11-12H,4-10H2,1-3H3. The summed E-state index contributed by atoms with van der Waals surface area (Å²) in [6.45, 7) is 6.30. The van der Waals surface area contributed by atoms with Crippen molar-refractivity contribution in [1.29, 1.82) is 0 Å². The van der Waals surface area contributed by atoms with E-state index < -0.39 is 0 Å². The van der Waals surface area contributed by atoms with Gasteiger partial charge in [0.2, 0.25) is 0 Å². The average Bonchev–Trinajstić information content (AvgIpc) is 2.16. The third-order valence-corrected chi connectivity index (χ3v) is 2.31. The molecule has 0 fully saturated rings. The minimum Gasteiger partial charge on any atom is -0.381 e. The van der Waals surface area contributed by atoms with Gasteiger partial charge in [0.05, 0.1) is 0 Å². The lowest BCUT2D eigenvalue weighted by Crippen LogP contribution is -2.20. The fourth-order valence-electron chi connectivity index (χ4n) is 1.15. The summed E-state index contributed by atoms with van der Waals surface area (Å²) in [5.74, 6) is 0. The van der Waals surface area contributed by atoms with Gasteiger partial charge in [0.15, 0.2) is 0 Å². The van der Waals surface area contributed by atoms with Gasteiger partial charge in [0.25, 0.3) is 0 Å². The second kappa shape index (κ2) is 10.0. The van der Waals surface area contributed by atoms with Gasteiger partial charge >= 0.3 is 0 Å². The Morgan fingerprint density at radius 1 is 1.15 bits per heavy atom. The zero-order valence-electron chi connectivity index (χ0n) is 9.44. The number of rotatable bonds is 9. The number of hydrogen-bond acceptors (Lipinski definition) is 2. The van der Waals surface area contributed by atoms with Gasteiger partial charge in [0.1, 0.15) is 0 Å². The molecule has 1 unspecified atom stereocenters. The molecule has 0 saturated carbocycles. The van der Waals surface area contributed by atoms with Crippen molar-refractivity contribution in [2.45, 2.75) is 52.0 Å². The molecular weight excluding hydrogens is 162 g/mol. The van der Waals surface area contributed by atoms with Gasteiger partial charge in [-0.1, -0.05) is 13.3 Å². The summed E-state index contributed by atoms with van der Waals surface area (Å²) >= 11 is 0. The van der Waals surface area contributed by atoms with Crippen LogP contribution in [-0.4, -0.2) is 26.3 Å². The zero-order valence-corrected chi connectivity index (χ0v) is 9.44. The molecule has 0 aliphatic carbocycles. The maximum Gasteiger partial charge on any atom is 0.0466 e. The van der Waals surface area contributed by atoms with Crippen LogP contribution in [0.25, 0.3) is 0 Å². The maximum atomic E-state index is 5.47. The van der Waals surface area contributed by atoms with Crippen molar-refractivity contribution >= 4 is 0 Å². The second-order valence-electron chi connectivity index (χ2n) is 3.65. The van der Waals surface area contributed by atoms with Crippen LogP contribution in [0.3, 0.4) is 0 Å². The molecule has 2 heteroatoms. The average molecular weight is 187 g/mol.